The summed E-state index contributed by atoms with van der Waals surface area (Å²) >= 11 is 9.52. The van der Waals surface area contributed by atoms with Crippen LogP contribution in [0.2, 0.25) is 5.02 Å². The van der Waals surface area contributed by atoms with E-state index in [9.17, 15) is 9.59 Å². The molecule has 0 N–H and O–H groups in total. The van der Waals surface area contributed by atoms with Crippen LogP contribution in [0.3, 0.4) is 0 Å². The molecule has 0 bridgehead atoms. The number of hydrogen-bond acceptors (Lipinski definition) is 5. The van der Waals surface area contributed by atoms with Crippen molar-refractivity contribution in [3.05, 3.63) is 103 Å². The van der Waals surface area contributed by atoms with Crippen molar-refractivity contribution < 1.29 is 18.7 Å². The van der Waals surface area contributed by atoms with Gasteiger partial charge >= 0.3 is 0 Å². The van der Waals surface area contributed by atoms with Gasteiger partial charge in [-0.1, -0.05) is 45.7 Å². The monoisotopic (exact) mass is 523 g/mol. The smallest absolute Gasteiger partial charge is 0.291 e. The Morgan fingerprint density at radius 3 is 2.58 bits per heavy atom. The first-order valence-corrected chi connectivity index (χ1v) is 11.4. The lowest BCUT2D eigenvalue weighted by molar-refractivity contribution is 0.0714. The average molecular weight is 525 g/mol. The third-order valence-electron chi connectivity index (χ3n) is 5.90. The highest BCUT2D eigenvalue weighted by Crippen LogP contribution is 2.40. The number of carbonyl (C=O) groups is 1. The zero-order valence-electron chi connectivity index (χ0n) is 17.0. The maximum absolute atomic E-state index is 13.6. The second-order valence-electron chi connectivity index (χ2n) is 7.89. The van der Waals surface area contributed by atoms with E-state index in [0.717, 1.165) is 15.6 Å². The number of ether oxygens (including phenoxy) is 2. The fraction of sp³-hybridized carbons (Fsp3) is 0.120. The van der Waals surface area contributed by atoms with Gasteiger partial charge in [0.2, 0.25) is 12.6 Å². The fourth-order valence-corrected chi connectivity index (χ4v) is 4.87. The van der Waals surface area contributed by atoms with E-state index in [4.69, 9.17) is 25.5 Å². The van der Waals surface area contributed by atoms with E-state index in [1.165, 1.54) is 0 Å². The molecule has 3 aromatic carbocycles. The van der Waals surface area contributed by atoms with Crippen molar-refractivity contribution in [2.24, 2.45) is 0 Å². The Morgan fingerprint density at radius 2 is 1.76 bits per heavy atom. The van der Waals surface area contributed by atoms with Crippen molar-refractivity contribution in [2.75, 3.05) is 6.79 Å². The highest BCUT2D eigenvalue weighted by Gasteiger charge is 2.42. The fourth-order valence-electron chi connectivity index (χ4n) is 4.38. The lowest BCUT2D eigenvalue weighted by Crippen LogP contribution is -2.29. The molecular weight excluding hydrogens is 510 g/mol. The molecule has 0 saturated carbocycles. The summed E-state index contributed by atoms with van der Waals surface area (Å²) in [6, 6.07) is 17.3. The van der Waals surface area contributed by atoms with Crippen molar-refractivity contribution in [1.29, 1.82) is 0 Å². The number of nitrogens with zero attached hydrogens (tertiary/aromatic N) is 1. The molecule has 8 heteroatoms. The SMILES string of the molecule is O=C1c2oc3ccc(Br)cc3c(=O)c2C(c2ccc(Cl)cc2)N1Cc1ccc2c(c1)OCO2. The van der Waals surface area contributed by atoms with Crippen LogP contribution in [0.15, 0.2) is 74.3 Å². The van der Waals surface area contributed by atoms with Gasteiger partial charge in [-0.05, 0) is 53.6 Å². The molecule has 2 aliphatic rings. The Bertz CT molecular complexity index is 1500. The lowest BCUT2D eigenvalue weighted by Gasteiger charge is -2.25. The summed E-state index contributed by atoms with van der Waals surface area (Å²) in [7, 11) is 0. The van der Waals surface area contributed by atoms with Crippen LogP contribution in [0.4, 0.5) is 0 Å². The van der Waals surface area contributed by atoms with Gasteiger partial charge in [0.05, 0.1) is 17.0 Å². The van der Waals surface area contributed by atoms with E-state index in [-0.39, 0.29) is 30.4 Å². The van der Waals surface area contributed by atoms with Crippen LogP contribution in [0.25, 0.3) is 11.0 Å². The third kappa shape index (κ3) is 3.31. The van der Waals surface area contributed by atoms with E-state index >= 15 is 0 Å². The first-order chi connectivity index (χ1) is 16.0. The summed E-state index contributed by atoms with van der Waals surface area (Å²) in [5.41, 5.74) is 2.09. The minimum atomic E-state index is -0.616. The molecule has 0 spiro atoms. The van der Waals surface area contributed by atoms with Gasteiger partial charge in [0.15, 0.2) is 16.9 Å². The quantitative estimate of drug-likeness (QED) is 0.345. The highest BCUT2D eigenvalue weighted by atomic mass is 79.9. The van der Waals surface area contributed by atoms with Crippen molar-refractivity contribution in [3.8, 4) is 11.5 Å². The van der Waals surface area contributed by atoms with Crippen molar-refractivity contribution in [1.82, 2.24) is 4.90 Å². The Kier molecular flexibility index (Phi) is 4.71. The van der Waals surface area contributed by atoms with Crippen molar-refractivity contribution in [2.45, 2.75) is 12.6 Å². The number of benzene rings is 3. The molecule has 1 atom stereocenters. The zero-order valence-corrected chi connectivity index (χ0v) is 19.4. The van der Waals surface area contributed by atoms with E-state index < -0.39 is 6.04 Å². The normalized spacial score (nSPS) is 16.5. The van der Waals surface area contributed by atoms with Crippen LogP contribution in [-0.2, 0) is 6.54 Å². The third-order valence-corrected chi connectivity index (χ3v) is 6.65. The van der Waals surface area contributed by atoms with Crippen LogP contribution in [-0.4, -0.2) is 17.6 Å². The summed E-state index contributed by atoms with van der Waals surface area (Å²) in [6.07, 6.45) is 0. The molecule has 2 aliphatic heterocycles. The van der Waals surface area contributed by atoms with Gasteiger partial charge in [-0.3, -0.25) is 9.59 Å². The van der Waals surface area contributed by atoms with Gasteiger partial charge in [0, 0.05) is 16.0 Å². The number of hydrogen-bond donors (Lipinski definition) is 0. The van der Waals surface area contributed by atoms with Gasteiger partial charge in [0.1, 0.15) is 5.58 Å². The number of amides is 1. The van der Waals surface area contributed by atoms with E-state index in [0.29, 0.717) is 33.1 Å². The van der Waals surface area contributed by atoms with Gasteiger partial charge in [-0.25, -0.2) is 0 Å². The van der Waals surface area contributed by atoms with Crippen molar-refractivity contribution >= 4 is 44.4 Å². The Balaban J connectivity index is 1.52. The predicted molar refractivity (Wildman–Crippen MR) is 126 cm³/mol. The van der Waals surface area contributed by atoms with Crippen LogP contribution in [0.1, 0.15) is 33.3 Å². The number of carbonyl (C=O) groups excluding carboxylic acids is 1. The molecule has 33 heavy (non-hydrogen) atoms. The largest absolute Gasteiger partial charge is 0.454 e. The Hall–Kier alpha value is -3.29. The molecular formula is C25H15BrClNO5. The summed E-state index contributed by atoms with van der Waals surface area (Å²) in [6.45, 7) is 0.424. The minimum absolute atomic E-state index is 0.0653. The molecule has 1 aromatic heterocycles. The lowest BCUT2D eigenvalue weighted by atomic mass is 9.98. The molecule has 6 nitrogen and oxygen atoms in total. The standard InChI is InChI=1S/C25H15BrClNO5/c26-15-4-8-18-17(10-15)23(29)21-22(14-2-5-16(27)6-3-14)28(25(30)24(21)33-18)11-13-1-7-19-20(9-13)32-12-31-19/h1-10,22H,11-12H2. The molecule has 0 fully saturated rings. The molecule has 3 heterocycles. The Morgan fingerprint density at radius 1 is 0.970 bits per heavy atom. The number of rotatable bonds is 3. The second kappa shape index (κ2) is 7.64. The molecule has 4 aromatic rings. The van der Waals surface area contributed by atoms with Gasteiger partial charge < -0.3 is 18.8 Å². The summed E-state index contributed by atoms with van der Waals surface area (Å²) in [5.74, 6) is 1.02. The minimum Gasteiger partial charge on any atom is -0.454 e. The van der Waals surface area contributed by atoms with Crippen LogP contribution in [0, 0.1) is 0 Å². The molecule has 0 radical (unpaired) electrons. The van der Waals surface area contributed by atoms with Gasteiger partial charge in [0.25, 0.3) is 5.91 Å². The topological polar surface area (TPSA) is 69.0 Å². The van der Waals surface area contributed by atoms with E-state index in [1.54, 1.807) is 35.2 Å². The average Bonchev–Trinajstić information content (AvgIpc) is 3.38. The van der Waals surface area contributed by atoms with Crippen LogP contribution < -0.4 is 14.9 Å². The highest BCUT2D eigenvalue weighted by molar-refractivity contribution is 9.10. The first kappa shape index (κ1) is 20.3. The molecule has 0 saturated heterocycles. The maximum atomic E-state index is 13.6. The summed E-state index contributed by atoms with van der Waals surface area (Å²) < 4.78 is 17.6. The molecule has 0 aliphatic carbocycles. The molecule has 1 unspecified atom stereocenters. The first-order valence-electron chi connectivity index (χ1n) is 10.2. The van der Waals surface area contributed by atoms with E-state index in [2.05, 4.69) is 15.9 Å². The van der Waals surface area contributed by atoms with Gasteiger partial charge in [-0.2, -0.15) is 0 Å². The summed E-state index contributed by atoms with van der Waals surface area (Å²) in [5, 5.41) is 0.986. The number of halogens is 2. The second-order valence-corrected chi connectivity index (χ2v) is 9.24. The molecule has 1 amide bonds. The molecule has 164 valence electrons. The van der Waals surface area contributed by atoms with E-state index in [1.807, 2.05) is 30.3 Å². The van der Waals surface area contributed by atoms with Gasteiger partial charge in [-0.15, -0.1) is 0 Å². The predicted octanol–water partition coefficient (Wildman–Crippen LogP) is 5.68. The Labute approximate surface area is 201 Å². The maximum Gasteiger partial charge on any atom is 0.291 e. The number of fused-ring (bicyclic) bond motifs is 3. The van der Waals surface area contributed by atoms with Crippen LogP contribution >= 0.6 is 27.5 Å². The summed E-state index contributed by atoms with van der Waals surface area (Å²) in [4.78, 5) is 28.8. The zero-order chi connectivity index (χ0) is 22.7. The van der Waals surface area contributed by atoms with Crippen molar-refractivity contribution in [3.63, 3.8) is 0 Å². The molecule has 6 rings (SSSR count). The van der Waals surface area contributed by atoms with Crippen LogP contribution in [0.5, 0.6) is 11.5 Å².